The quantitative estimate of drug-likeness (QED) is 0.228. The van der Waals surface area contributed by atoms with Gasteiger partial charge in [0.25, 0.3) is 5.91 Å². The number of carbonyl (C=O) groups is 1. The molecule has 0 aromatic heterocycles. The molecule has 1 amide bonds. The molecule has 9 heteroatoms. The van der Waals surface area contributed by atoms with Crippen molar-refractivity contribution in [2.75, 3.05) is 26.8 Å². The molecule has 0 spiro atoms. The number of halogens is 3. The van der Waals surface area contributed by atoms with Gasteiger partial charge in [-0.05, 0) is 85.7 Å². The molecule has 1 heterocycles. The average molecular weight is 616 g/mol. The second-order valence-corrected chi connectivity index (χ2v) is 11.4. The van der Waals surface area contributed by atoms with Gasteiger partial charge in [-0.15, -0.1) is 12.4 Å². The first-order chi connectivity index (χ1) is 20.2. The first kappa shape index (κ1) is 34.6. The standard InChI is InChI=1S/C34H43F2N3O3.ClH/c1-4-24-7-5-8-25(13-24)19-37-20-33(40)32(17-26-15-29(35)18-30(36)16-26)38-34(41)28-12-23(2)11-27(14-28)21-39-10-6-9-31(39)22-42-3;/h5,7-8,11-16,18,31-33,37,40H,4,6,9-10,17,19-22H2,1-3H3,(H,38,41);1H/t31-,32-,33+;/m0./s1. The SMILES string of the molecule is CCc1cccc(CNC[C@@H](O)[C@H](Cc2cc(F)cc(F)c2)NC(=O)c2cc(C)cc(CN3CCC[C@H]3COC)c2)c1.Cl. The molecule has 3 aromatic carbocycles. The summed E-state index contributed by atoms with van der Waals surface area (Å²) >= 11 is 0. The molecule has 3 atom stereocenters. The van der Waals surface area contributed by atoms with Crippen LogP contribution in [0.1, 0.15) is 57.9 Å². The van der Waals surface area contributed by atoms with Crippen LogP contribution in [0, 0.1) is 18.6 Å². The molecule has 1 aliphatic heterocycles. The van der Waals surface area contributed by atoms with Gasteiger partial charge in [-0.25, -0.2) is 8.78 Å². The van der Waals surface area contributed by atoms with Crippen LogP contribution in [0.25, 0.3) is 0 Å². The highest BCUT2D eigenvalue weighted by Crippen LogP contribution is 2.22. The summed E-state index contributed by atoms with van der Waals surface area (Å²) in [6, 6.07) is 16.8. The van der Waals surface area contributed by atoms with Gasteiger partial charge < -0.3 is 20.5 Å². The van der Waals surface area contributed by atoms with Crippen LogP contribution in [0.5, 0.6) is 0 Å². The molecule has 1 saturated heterocycles. The maximum absolute atomic E-state index is 14.0. The van der Waals surface area contributed by atoms with Crippen LogP contribution in [0.15, 0.2) is 60.7 Å². The number of aliphatic hydroxyl groups excluding tert-OH is 1. The molecular weight excluding hydrogens is 572 g/mol. The second kappa shape index (κ2) is 16.8. The Bertz CT molecular complexity index is 1320. The van der Waals surface area contributed by atoms with E-state index in [2.05, 4.69) is 40.7 Å². The summed E-state index contributed by atoms with van der Waals surface area (Å²) in [5, 5.41) is 17.4. The van der Waals surface area contributed by atoms with Crippen LogP contribution < -0.4 is 10.6 Å². The maximum atomic E-state index is 14.0. The fourth-order valence-electron chi connectivity index (χ4n) is 5.79. The van der Waals surface area contributed by atoms with Crippen molar-refractivity contribution in [2.45, 2.75) is 70.8 Å². The number of aliphatic hydroxyl groups is 1. The summed E-state index contributed by atoms with van der Waals surface area (Å²) in [5.74, 6) is -1.74. The Morgan fingerprint density at radius 1 is 1.05 bits per heavy atom. The van der Waals surface area contributed by atoms with E-state index in [0.717, 1.165) is 48.6 Å². The van der Waals surface area contributed by atoms with Crippen molar-refractivity contribution in [1.82, 2.24) is 15.5 Å². The van der Waals surface area contributed by atoms with Crippen molar-refractivity contribution < 1.29 is 23.4 Å². The zero-order valence-corrected chi connectivity index (χ0v) is 26.1. The topological polar surface area (TPSA) is 73.8 Å². The highest BCUT2D eigenvalue weighted by Gasteiger charge is 2.26. The molecule has 4 rings (SSSR count). The minimum absolute atomic E-state index is 0. The van der Waals surface area contributed by atoms with Crippen molar-refractivity contribution in [3.63, 3.8) is 0 Å². The monoisotopic (exact) mass is 615 g/mol. The number of benzene rings is 3. The van der Waals surface area contributed by atoms with Crippen molar-refractivity contribution in [1.29, 1.82) is 0 Å². The zero-order valence-electron chi connectivity index (χ0n) is 25.2. The van der Waals surface area contributed by atoms with Gasteiger partial charge in [0.15, 0.2) is 0 Å². The van der Waals surface area contributed by atoms with Crippen LogP contribution in [-0.4, -0.2) is 60.9 Å². The van der Waals surface area contributed by atoms with Crippen molar-refractivity contribution in [3.05, 3.63) is 106 Å². The number of nitrogens with one attached hydrogen (secondary N) is 2. The number of rotatable bonds is 14. The zero-order chi connectivity index (χ0) is 30.1. The molecular formula is C34H44ClF2N3O3. The number of hydrogen-bond acceptors (Lipinski definition) is 5. The van der Waals surface area contributed by atoms with Crippen LogP contribution in [0.2, 0.25) is 0 Å². The number of ether oxygens (including phenoxy) is 1. The highest BCUT2D eigenvalue weighted by molar-refractivity contribution is 5.94. The van der Waals surface area contributed by atoms with Crippen LogP contribution >= 0.6 is 12.4 Å². The van der Waals surface area contributed by atoms with Gasteiger partial charge in [-0.2, -0.15) is 0 Å². The Morgan fingerprint density at radius 2 is 1.79 bits per heavy atom. The number of amides is 1. The number of aryl methyl sites for hydroxylation is 2. The molecule has 1 fully saturated rings. The number of nitrogens with zero attached hydrogens (tertiary/aromatic N) is 1. The second-order valence-electron chi connectivity index (χ2n) is 11.4. The molecule has 43 heavy (non-hydrogen) atoms. The van der Waals surface area contributed by atoms with E-state index in [9.17, 15) is 18.7 Å². The van der Waals surface area contributed by atoms with E-state index in [-0.39, 0.29) is 31.3 Å². The van der Waals surface area contributed by atoms with E-state index in [1.807, 2.05) is 31.2 Å². The molecule has 0 aliphatic carbocycles. The summed E-state index contributed by atoms with van der Waals surface area (Å²) in [7, 11) is 1.72. The smallest absolute Gasteiger partial charge is 0.251 e. The Morgan fingerprint density at radius 3 is 2.51 bits per heavy atom. The predicted octanol–water partition coefficient (Wildman–Crippen LogP) is 5.36. The fraction of sp³-hybridized carbons (Fsp3) is 0.441. The molecule has 0 unspecified atom stereocenters. The number of methoxy groups -OCH3 is 1. The summed E-state index contributed by atoms with van der Waals surface area (Å²) < 4.78 is 33.3. The first-order valence-corrected chi connectivity index (χ1v) is 14.8. The van der Waals surface area contributed by atoms with Gasteiger partial charge in [-0.3, -0.25) is 9.69 Å². The van der Waals surface area contributed by atoms with Gasteiger partial charge >= 0.3 is 0 Å². The van der Waals surface area contributed by atoms with Gasteiger partial charge in [0.1, 0.15) is 11.6 Å². The van der Waals surface area contributed by atoms with E-state index >= 15 is 0 Å². The summed E-state index contributed by atoms with van der Waals surface area (Å²) in [4.78, 5) is 15.9. The first-order valence-electron chi connectivity index (χ1n) is 14.8. The van der Waals surface area contributed by atoms with Crippen molar-refractivity contribution in [2.24, 2.45) is 0 Å². The molecule has 0 bridgehead atoms. The highest BCUT2D eigenvalue weighted by atomic mass is 35.5. The summed E-state index contributed by atoms with van der Waals surface area (Å²) in [6.45, 7) is 7.16. The minimum Gasteiger partial charge on any atom is -0.390 e. The minimum atomic E-state index is -1.00. The van der Waals surface area contributed by atoms with Crippen molar-refractivity contribution >= 4 is 18.3 Å². The van der Waals surface area contributed by atoms with E-state index in [1.165, 1.54) is 17.7 Å². The molecule has 0 saturated carbocycles. The normalized spacial score (nSPS) is 16.5. The molecule has 234 valence electrons. The third kappa shape index (κ3) is 10.4. The lowest BCUT2D eigenvalue weighted by Gasteiger charge is -2.26. The predicted molar refractivity (Wildman–Crippen MR) is 169 cm³/mol. The van der Waals surface area contributed by atoms with Crippen LogP contribution in [0.3, 0.4) is 0 Å². The molecule has 0 radical (unpaired) electrons. The molecule has 1 aliphatic rings. The fourth-order valence-corrected chi connectivity index (χ4v) is 5.79. The largest absolute Gasteiger partial charge is 0.390 e. The van der Waals surface area contributed by atoms with Gasteiger partial charge in [0.2, 0.25) is 0 Å². The van der Waals surface area contributed by atoms with E-state index < -0.39 is 23.8 Å². The lowest BCUT2D eigenvalue weighted by atomic mass is 9.99. The average Bonchev–Trinajstić information content (AvgIpc) is 3.38. The summed E-state index contributed by atoms with van der Waals surface area (Å²) in [5.41, 5.74) is 5.15. The van der Waals surface area contributed by atoms with Gasteiger partial charge in [-0.1, -0.05) is 42.8 Å². The van der Waals surface area contributed by atoms with Crippen LogP contribution in [0.4, 0.5) is 8.78 Å². The molecule has 6 nitrogen and oxygen atoms in total. The third-order valence-electron chi connectivity index (χ3n) is 7.88. The molecule has 3 N–H and O–H groups in total. The van der Waals surface area contributed by atoms with Gasteiger partial charge in [0, 0.05) is 44.4 Å². The number of hydrogen-bond donors (Lipinski definition) is 3. The number of carbonyl (C=O) groups excluding carboxylic acids is 1. The lowest BCUT2D eigenvalue weighted by molar-refractivity contribution is 0.0829. The van der Waals surface area contributed by atoms with Crippen LogP contribution in [-0.2, 0) is 30.7 Å². The third-order valence-corrected chi connectivity index (χ3v) is 7.88. The Balaban J connectivity index is 0.00000506. The van der Waals surface area contributed by atoms with E-state index in [1.54, 1.807) is 7.11 Å². The lowest BCUT2D eigenvalue weighted by Crippen LogP contribution is -2.48. The summed E-state index contributed by atoms with van der Waals surface area (Å²) in [6.07, 6.45) is 2.20. The van der Waals surface area contributed by atoms with Crippen molar-refractivity contribution in [3.8, 4) is 0 Å². The molecule has 3 aromatic rings. The van der Waals surface area contributed by atoms with E-state index in [0.29, 0.717) is 36.9 Å². The number of likely N-dealkylation sites (tertiary alicyclic amines) is 1. The maximum Gasteiger partial charge on any atom is 0.251 e. The Kier molecular flexibility index (Phi) is 13.5. The van der Waals surface area contributed by atoms with E-state index in [4.69, 9.17) is 4.74 Å². The van der Waals surface area contributed by atoms with Gasteiger partial charge in [0.05, 0.1) is 18.8 Å². The Labute approximate surface area is 260 Å². The Hall–Kier alpha value is -2.88.